The molecule has 0 radical (unpaired) electrons. The number of fused-ring (bicyclic) bond motifs is 1. The Morgan fingerprint density at radius 1 is 1.40 bits per heavy atom. The second-order valence-corrected chi connectivity index (χ2v) is 7.24. The van der Waals surface area contributed by atoms with Crippen LogP contribution in [0.1, 0.15) is 18.4 Å². The molecule has 2 heterocycles. The first kappa shape index (κ1) is 17.9. The minimum atomic E-state index is 0.154. The molecular weight excluding hydrogens is 377 g/mol. The van der Waals surface area contributed by atoms with Crippen LogP contribution in [0, 0.1) is 24.7 Å². The summed E-state index contributed by atoms with van der Waals surface area (Å²) in [5.74, 6) is 2.62. The van der Waals surface area contributed by atoms with Crippen molar-refractivity contribution in [3.8, 4) is 12.3 Å². The molecule has 0 spiro atoms. The summed E-state index contributed by atoms with van der Waals surface area (Å²) in [7, 11) is 0. The van der Waals surface area contributed by atoms with Crippen molar-refractivity contribution >= 4 is 46.1 Å². The number of unbranched alkanes of at least 4 members (excludes halogenated alkanes) is 1. The van der Waals surface area contributed by atoms with Gasteiger partial charge in [-0.1, -0.05) is 35.0 Å². The lowest BCUT2D eigenvalue weighted by Gasteiger charge is -2.06. The maximum Gasteiger partial charge on any atom is 0.173 e. The summed E-state index contributed by atoms with van der Waals surface area (Å²) in [6.45, 7) is 2.57. The fourth-order valence-electron chi connectivity index (χ4n) is 2.35. The smallest absolute Gasteiger partial charge is 0.173 e. The zero-order chi connectivity index (χ0) is 18.0. The first-order valence-electron chi connectivity index (χ1n) is 7.57. The number of hydrogen-bond donors (Lipinski definition) is 2. The maximum atomic E-state index is 7.99. The van der Waals surface area contributed by atoms with Crippen LogP contribution in [0.4, 0.5) is 0 Å². The molecule has 8 heteroatoms. The molecule has 0 saturated heterocycles. The normalized spacial score (nSPS) is 11.0. The number of aryl methyl sites for hydroxylation is 1. The van der Waals surface area contributed by atoms with Gasteiger partial charge in [0, 0.05) is 22.9 Å². The fraction of sp³-hybridized carbons (Fsp3) is 0.235. The van der Waals surface area contributed by atoms with E-state index in [4.69, 9.17) is 35.0 Å². The fourth-order valence-corrected chi connectivity index (χ4v) is 3.70. The molecule has 0 aliphatic heterocycles. The molecule has 0 aliphatic carbocycles. The van der Waals surface area contributed by atoms with E-state index in [1.807, 2.05) is 23.6 Å². The third-order valence-electron chi connectivity index (χ3n) is 3.71. The zero-order valence-electron chi connectivity index (χ0n) is 13.4. The van der Waals surface area contributed by atoms with Gasteiger partial charge in [0.2, 0.25) is 0 Å². The van der Waals surface area contributed by atoms with Gasteiger partial charge in [0.25, 0.3) is 0 Å². The average Bonchev–Trinajstić information content (AvgIpc) is 3.02. The van der Waals surface area contributed by atoms with Gasteiger partial charge in [-0.15, -0.1) is 12.3 Å². The Hall–Kier alpha value is -1.94. The second-order valence-electron chi connectivity index (χ2n) is 5.42. The van der Waals surface area contributed by atoms with Crippen LogP contribution >= 0.6 is 35.0 Å². The summed E-state index contributed by atoms with van der Waals surface area (Å²) in [5, 5.41) is 9.86. The van der Waals surface area contributed by atoms with E-state index in [2.05, 4.69) is 20.9 Å². The summed E-state index contributed by atoms with van der Waals surface area (Å²) < 4.78 is 1.90. The third kappa shape index (κ3) is 3.69. The summed E-state index contributed by atoms with van der Waals surface area (Å²) in [4.78, 5) is 12.7. The largest absolute Gasteiger partial charge is 0.328 e. The minimum absolute atomic E-state index is 0.154. The molecule has 3 rings (SSSR count). The number of halogens is 2. The highest BCUT2D eigenvalue weighted by molar-refractivity contribution is 7.99. The Morgan fingerprint density at radius 3 is 2.96 bits per heavy atom. The molecule has 2 aromatic heterocycles. The second kappa shape index (κ2) is 7.52. The van der Waals surface area contributed by atoms with Crippen LogP contribution in [-0.4, -0.2) is 19.5 Å². The lowest BCUT2D eigenvalue weighted by Crippen LogP contribution is -2.12. The number of nitrogens with zero attached hydrogens (tertiary/aromatic N) is 3. The van der Waals surface area contributed by atoms with Crippen LogP contribution in [0.5, 0.6) is 0 Å². The molecule has 5 nitrogen and oxygen atoms in total. The van der Waals surface area contributed by atoms with Crippen LogP contribution in [0.3, 0.4) is 0 Å². The van der Waals surface area contributed by atoms with Gasteiger partial charge in [0.15, 0.2) is 16.3 Å². The van der Waals surface area contributed by atoms with Crippen LogP contribution in [0.2, 0.25) is 10.0 Å². The highest BCUT2D eigenvalue weighted by Crippen LogP contribution is 2.36. The van der Waals surface area contributed by atoms with Crippen molar-refractivity contribution in [2.24, 2.45) is 0 Å². The van der Waals surface area contributed by atoms with E-state index in [1.165, 1.54) is 11.8 Å². The van der Waals surface area contributed by atoms with E-state index in [0.29, 0.717) is 39.3 Å². The van der Waals surface area contributed by atoms with Gasteiger partial charge in [0.1, 0.15) is 5.52 Å². The molecule has 0 amide bonds. The molecule has 0 atom stereocenters. The topological polar surface area (TPSA) is 70.3 Å². The van der Waals surface area contributed by atoms with Crippen molar-refractivity contribution in [1.82, 2.24) is 19.5 Å². The number of rotatable bonds is 5. The van der Waals surface area contributed by atoms with Gasteiger partial charge >= 0.3 is 0 Å². The molecule has 0 saturated carbocycles. The minimum Gasteiger partial charge on any atom is -0.328 e. The van der Waals surface area contributed by atoms with E-state index < -0.39 is 0 Å². The number of terminal acetylenes is 1. The monoisotopic (exact) mass is 391 g/mol. The molecular formula is C17H15Cl2N5S. The number of nitrogens with one attached hydrogen (secondary N) is 2. The highest BCUT2D eigenvalue weighted by atomic mass is 35.5. The Kier molecular flexibility index (Phi) is 5.38. The molecule has 0 fully saturated rings. The molecule has 2 N–H and O–H groups in total. The molecule has 1 aromatic carbocycles. The van der Waals surface area contributed by atoms with Crippen LogP contribution in [-0.2, 0) is 6.54 Å². The number of aromatic nitrogens is 4. The van der Waals surface area contributed by atoms with Gasteiger partial charge in [-0.3, -0.25) is 5.41 Å². The van der Waals surface area contributed by atoms with Crippen molar-refractivity contribution in [2.75, 3.05) is 0 Å². The number of hydrogen-bond acceptors (Lipinski definition) is 4. The molecule has 0 aliphatic rings. The lowest BCUT2D eigenvalue weighted by atomic mass is 10.2. The van der Waals surface area contributed by atoms with Gasteiger partial charge < -0.3 is 9.55 Å². The Labute approximate surface area is 159 Å². The van der Waals surface area contributed by atoms with Gasteiger partial charge in [-0.2, -0.15) is 0 Å². The predicted octanol–water partition coefficient (Wildman–Crippen LogP) is 4.42. The molecule has 25 heavy (non-hydrogen) atoms. The Bertz CT molecular complexity index is 1030. The van der Waals surface area contributed by atoms with Crippen LogP contribution < -0.4 is 5.49 Å². The van der Waals surface area contributed by atoms with E-state index in [0.717, 1.165) is 16.9 Å². The summed E-state index contributed by atoms with van der Waals surface area (Å²) >= 11 is 13.9. The van der Waals surface area contributed by atoms with Gasteiger partial charge in [-0.05, 0) is 31.0 Å². The number of aromatic amines is 1. The van der Waals surface area contributed by atoms with Gasteiger partial charge in [0.05, 0.1) is 11.3 Å². The summed E-state index contributed by atoms with van der Waals surface area (Å²) in [5.41, 5.74) is 2.26. The quantitative estimate of drug-likeness (QED) is 0.499. The van der Waals surface area contributed by atoms with E-state index in [1.54, 1.807) is 6.33 Å². The zero-order valence-corrected chi connectivity index (χ0v) is 15.8. The molecule has 0 bridgehead atoms. The van der Waals surface area contributed by atoms with Crippen molar-refractivity contribution in [1.29, 1.82) is 5.41 Å². The molecule has 0 unspecified atom stereocenters. The molecule has 128 valence electrons. The van der Waals surface area contributed by atoms with Gasteiger partial charge in [-0.25, -0.2) is 9.97 Å². The first-order chi connectivity index (χ1) is 12.0. The number of benzene rings is 1. The van der Waals surface area contributed by atoms with E-state index >= 15 is 0 Å². The SMILES string of the molecule is C#CCCCn1cnc(=N)c2[nH]c(Sc3ccc(Cl)c(C)c3Cl)nc21. The summed E-state index contributed by atoms with van der Waals surface area (Å²) in [6, 6.07) is 3.67. The Morgan fingerprint density at radius 2 is 2.20 bits per heavy atom. The third-order valence-corrected chi connectivity index (χ3v) is 5.67. The molecule has 3 aromatic rings. The van der Waals surface area contributed by atoms with Crippen molar-refractivity contribution in [3.05, 3.63) is 39.6 Å². The van der Waals surface area contributed by atoms with E-state index in [-0.39, 0.29) is 5.49 Å². The highest BCUT2D eigenvalue weighted by Gasteiger charge is 2.13. The van der Waals surface area contributed by atoms with Crippen molar-refractivity contribution in [2.45, 2.75) is 36.4 Å². The summed E-state index contributed by atoms with van der Waals surface area (Å²) in [6.07, 6.45) is 8.43. The average molecular weight is 392 g/mol. The predicted molar refractivity (Wildman–Crippen MR) is 101 cm³/mol. The van der Waals surface area contributed by atoms with Crippen molar-refractivity contribution in [3.63, 3.8) is 0 Å². The van der Waals surface area contributed by atoms with E-state index in [9.17, 15) is 0 Å². The first-order valence-corrected chi connectivity index (χ1v) is 9.14. The number of imidazole rings is 1. The van der Waals surface area contributed by atoms with Crippen LogP contribution in [0.15, 0.2) is 28.5 Å². The Balaban J connectivity index is 1.97. The lowest BCUT2D eigenvalue weighted by molar-refractivity contribution is 0.653. The van der Waals surface area contributed by atoms with Crippen molar-refractivity contribution < 1.29 is 0 Å². The maximum absolute atomic E-state index is 7.99. The number of H-pyrrole nitrogens is 1. The standard InChI is InChI=1S/C17H15Cl2N5S/c1-3-4-5-8-24-9-21-15(20)14-16(24)23-17(22-14)25-12-7-6-11(18)10(2)13(12)19/h1,6-7,9,20H,4-5,8H2,2H3,(H,22,23). The van der Waals surface area contributed by atoms with Crippen LogP contribution in [0.25, 0.3) is 11.2 Å².